The fourth-order valence-corrected chi connectivity index (χ4v) is 6.96. The summed E-state index contributed by atoms with van der Waals surface area (Å²) in [6.07, 6.45) is 7.48. The molecule has 4 bridgehead atoms. The number of rotatable bonds is 2. The number of amides is 1. The van der Waals surface area contributed by atoms with E-state index >= 15 is 0 Å². The molecule has 6 atom stereocenters. The predicted molar refractivity (Wildman–Crippen MR) is 82.8 cm³/mol. The highest BCUT2D eigenvalue weighted by Crippen LogP contribution is 2.63. The number of likely N-dealkylation sites (tertiary alicyclic amines) is 1. The summed E-state index contributed by atoms with van der Waals surface area (Å²) in [5.41, 5.74) is 5.71. The van der Waals surface area contributed by atoms with E-state index in [1.165, 1.54) is 6.42 Å². The molecule has 3 N–H and O–H groups in total. The standard InChI is InChI=1S/C18H25N3O2/c19-8-13-2-12-3-14(12)21(13)16(22)15(20)17-4-10-1-11(5-17)7-18(23,6-10)9-17/h10-15,23H,1-7,9,20H2/t10-,11-,12+,13?,14-,15+,17?,18?/m0/s1. The zero-order valence-electron chi connectivity index (χ0n) is 13.4. The molecule has 6 aliphatic rings. The van der Waals surface area contributed by atoms with E-state index in [1.54, 1.807) is 4.90 Å². The van der Waals surface area contributed by atoms with Gasteiger partial charge in [-0.2, -0.15) is 5.26 Å². The summed E-state index contributed by atoms with van der Waals surface area (Å²) in [7, 11) is 0. The van der Waals surface area contributed by atoms with Gasteiger partial charge in [-0.3, -0.25) is 4.79 Å². The summed E-state index contributed by atoms with van der Waals surface area (Å²) in [5.74, 6) is 1.56. The highest BCUT2D eigenvalue weighted by atomic mass is 16.3. The van der Waals surface area contributed by atoms with E-state index in [0.717, 1.165) is 38.5 Å². The van der Waals surface area contributed by atoms with Crippen LogP contribution in [0, 0.1) is 34.5 Å². The van der Waals surface area contributed by atoms with Crippen LogP contribution in [0.5, 0.6) is 0 Å². The molecule has 1 amide bonds. The molecule has 0 aromatic heterocycles. The Morgan fingerprint density at radius 2 is 1.91 bits per heavy atom. The molecule has 1 aliphatic heterocycles. The number of fused-ring (bicyclic) bond motifs is 1. The first kappa shape index (κ1) is 14.2. The number of nitriles is 1. The van der Waals surface area contributed by atoms with Crippen molar-refractivity contribution in [2.75, 3.05) is 0 Å². The Kier molecular flexibility index (Phi) is 2.65. The van der Waals surface area contributed by atoms with Crippen molar-refractivity contribution in [1.82, 2.24) is 4.90 Å². The van der Waals surface area contributed by atoms with Crippen LogP contribution in [-0.2, 0) is 4.79 Å². The lowest BCUT2D eigenvalue weighted by atomic mass is 9.46. The first-order chi connectivity index (χ1) is 10.9. The van der Waals surface area contributed by atoms with Crippen molar-refractivity contribution in [1.29, 1.82) is 5.26 Å². The molecule has 23 heavy (non-hydrogen) atoms. The first-order valence-corrected chi connectivity index (χ1v) is 9.13. The highest BCUT2D eigenvalue weighted by molar-refractivity contribution is 5.84. The number of carbonyl (C=O) groups excluding carboxylic acids is 1. The van der Waals surface area contributed by atoms with E-state index in [2.05, 4.69) is 6.07 Å². The van der Waals surface area contributed by atoms with Crippen LogP contribution in [0.3, 0.4) is 0 Å². The Morgan fingerprint density at radius 1 is 1.22 bits per heavy atom. The number of hydrogen-bond acceptors (Lipinski definition) is 4. The minimum absolute atomic E-state index is 0.0212. The van der Waals surface area contributed by atoms with Gasteiger partial charge < -0.3 is 15.7 Å². The van der Waals surface area contributed by atoms with Gasteiger partial charge in [0.25, 0.3) is 0 Å². The van der Waals surface area contributed by atoms with Crippen LogP contribution in [0.15, 0.2) is 0 Å². The third-order valence-electron chi connectivity index (χ3n) is 7.51. The molecule has 5 nitrogen and oxygen atoms in total. The van der Waals surface area contributed by atoms with Crippen molar-refractivity contribution >= 4 is 5.91 Å². The lowest BCUT2D eigenvalue weighted by molar-refractivity contribution is -0.177. The highest BCUT2D eigenvalue weighted by Gasteiger charge is 2.62. The van der Waals surface area contributed by atoms with E-state index < -0.39 is 11.6 Å². The minimum Gasteiger partial charge on any atom is -0.390 e. The number of nitrogens with zero attached hydrogens (tertiary/aromatic N) is 2. The molecular formula is C18H25N3O2. The van der Waals surface area contributed by atoms with Gasteiger partial charge in [0.1, 0.15) is 6.04 Å². The van der Waals surface area contributed by atoms with Gasteiger partial charge in [0, 0.05) is 6.04 Å². The maximum absolute atomic E-state index is 13.1. The third kappa shape index (κ3) is 1.88. The summed E-state index contributed by atoms with van der Waals surface area (Å²) in [6, 6.07) is 1.72. The Hall–Kier alpha value is -1.12. The summed E-state index contributed by atoms with van der Waals surface area (Å²) >= 11 is 0. The number of hydrogen-bond donors (Lipinski definition) is 2. The van der Waals surface area contributed by atoms with Crippen molar-refractivity contribution in [2.45, 2.75) is 75.1 Å². The smallest absolute Gasteiger partial charge is 0.241 e. The molecular weight excluding hydrogens is 290 g/mol. The number of carbonyl (C=O) groups is 1. The first-order valence-electron chi connectivity index (χ1n) is 9.13. The van der Waals surface area contributed by atoms with Crippen molar-refractivity contribution < 1.29 is 9.90 Å². The normalized spacial score (nSPS) is 53.8. The van der Waals surface area contributed by atoms with Gasteiger partial charge in [0.05, 0.1) is 17.7 Å². The quantitative estimate of drug-likeness (QED) is 0.800. The molecule has 0 radical (unpaired) electrons. The van der Waals surface area contributed by atoms with E-state index in [1.807, 2.05) is 0 Å². The fraction of sp³-hybridized carbons (Fsp3) is 0.889. The lowest BCUT2D eigenvalue weighted by Gasteiger charge is -2.61. The van der Waals surface area contributed by atoms with Gasteiger partial charge in [-0.1, -0.05) is 0 Å². The van der Waals surface area contributed by atoms with Crippen LogP contribution in [-0.4, -0.2) is 39.6 Å². The van der Waals surface area contributed by atoms with Crippen LogP contribution in [0.2, 0.25) is 0 Å². The molecule has 5 aliphatic carbocycles. The molecule has 1 unspecified atom stereocenters. The topological polar surface area (TPSA) is 90.4 Å². The molecule has 5 heteroatoms. The second-order valence-corrected chi connectivity index (χ2v) is 9.21. The number of piperidine rings is 1. The second kappa shape index (κ2) is 4.29. The number of nitrogens with two attached hydrogens (primary N) is 1. The SMILES string of the molecule is N#CC1C[C@@H]2C[C@@H]2N1C(=O)[C@@H](N)C12C[C@@H]3C[C@H](CC(O)(C3)C1)C2. The average Bonchev–Trinajstić information content (AvgIpc) is 3.14. The van der Waals surface area contributed by atoms with Gasteiger partial charge in [-0.25, -0.2) is 0 Å². The summed E-state index contributed by atoms with van der Waals surface area (Å²) in [6.45, 7) is 0. The summed E-state index contributed by atoms with van der Waals surface area (Å²) in [4.78, 5) is 14.9. The Bertz CT molecular complexity index is 598. The molecule has 5 saturated carbocycles. The van der Waals surface area contributed by atoms with Crippen LogP contribution >= 0.6 is 0 Å². The molecule has 6 rings (SSSR count). The van der Waals surface area contributed by atoms with Gasteiger partial charge >= 0.3 is 0 Å². The van der Waals surface area contributed by atoms with Crippen LogP contribution in [0.1, 0.15) is 51.4 Å². The van der Waals surface area contributed by atoms with Gasteiger partial charge in [0.15, 0.2) is 0 Å². The molecule has 0 aromatic rings. The Labute approximate surface area is 136 Å². The molecule has 6 fully saturated rings. The van der Waals surface area contributed by atoms with Crippen LogP contribution in [0.4, 0.5) is 0 Å². The monoisotopic (exact) mass is 315 g/mol. The predicted octanol–water partition coefficient (Wildman–Crippen LogP) is 1.16. The largest absolute Gasteiger partial charge is 0.390 e. The third-order valence-corrected chi connectivity index (χ3v) is 7.51. The van der Waals surface area contributed by atoms with Crippen molar-refractivity contribution in [3.8, 4) is 6.07 Å². The van der Waals surface area contributed by atoms with Gasteiger partial charge in [-0.15, -0.1) is 0 Å². The fourth-order valence-electron chi connectivity index (χ4n) is 6.96. The zero-order valence-corrected chi connectivity index (χ0v) is 13.4. The molecule has 0 spiro atoms. The van der Waals surface area contributed by atoms with E-state index in [9.17, 15) is 15.2 Å². The van der Waals surface area contributed by atoms with Crippen molar-refractivity contribution in [3.05, 3.63) is 0 Å². The summed E-state index contributed by atoms with van der Waals surface area (Å²) < 4.78 is 0. The van der Waals surface area contributed by atoms with Crippen molar-refractivity contribution in [3.63, 3.8) is 0 Å². The van der Waals surface area contributed by atoms with E-state index in [0.29, 0.717) is 24.2 Å². The zero-order chi connectivity index (χ0) is 16.0. The van der Waals surface area contributed by atoms with Crippen LogP contribution in [0.25, 0.3) is 0 Å². The number of aliphatic hydroxyl groups is 1. The van der Waals surface area contributed by atoms with Crippen LogP contribution < -0.4 is 5.73 Å². The maximum Gasteiger partial charge on any atom is 0.241 e. The second-order valence-electron chi connectivity index (χ2n) is 9.21. The van der Waals surface area contributed by atoms with Gasteiger partial charge in [0.2, 0.25) is 5.91 Å². The molecule has 0 aromatic carbocycles. The molecule has 124 valence electrons. The lowest BCUT2D eigenvalue weighted by Crippen LogP contribution is -2.64. The van der Waals surface area contributed by atoms with E-state index in [-0.39, 0.29) is 23.4 Å². The molecule has 1 heterocycles. The Balaban J connectivity index is 1.43. The van der Waals surface area contributed by atoms with Gasteiger partial charge in [-0.05, 0) is 74.5 Å². The summed E-state index contributed by atoms with van der Waals surface area (Å²) in [5, 5.41) is 20.2. The Morgan fingerprint density at radius 3 is 2.52 bits per heavy atom. The molecule has 1 saturated heterocycles. The van der Waals surface area contributed by atoms with Crippen molar-refractivity contribution in [2.24, 2.45) is 28.9 Å². The average molecular weight is 315 g/mol. The maximum atomic E-state index is 13.1. The van der Waals surface area contributed by atoms with E-state index in [4.69, 9.17) is 5.73 Å². The minimum atomic E-state index is -0.594.